The van der Waals surface area contributed by atoms with Gasteiger partial charge in [-0.3, -0.25) is 4.90 Å². The minimum absolute atomic E-state index is 0.616. The van der Waals surface area contributed by atoms with E-state index in [1.54, 1.807) is 12.4 Å². The molecular weight excluding hydrogens is 585 g/mol. The van der Waals surface area contributed by atoms with Crippen LogP contribution in [-0.4, -0.2) is 9.97 Å². The molecule has 0 bridgehead atoms. The van der Waals surface area contributed by atoms with Crippen molar-refractivity contribution in [3.8, 4) is 11.1 Å². The third kappa shape index (κ3) is 5.82. The molecule has 4 heteroatoms. The number of hydrogen-bond donors (Lipinski definition) is 0. The summed E-state index contributed by atoms with van der Waals surface area (Å²) < 4.78 is 0. The fraction of sp³-hybridized carbons (Fsp3) is 0.136. The standard InChI is InChI=1S/C44H40N4/c1-29-23-31(3)42(32(4)24-29)48(43-33(5)25-30(2)26-34(43)6)39-19-17-38(18-20-39)47(44-45-21-12-22-46-44)41-28-37-16-11-10-15-36(37)27-40(41)35-13-8-7-9-14-35/h7-28H,1-6H3. The van der Waals surface area contributed by atoms with E-state index in [1.165, 1.54) is 50.1 Å². The number of aryl methyl sites for hydroxylation is 6. The van der Waals surface area contributed by atoms with Gasteiger partial charge in [-0.05, 0) is 123 Å². The van der Waals surface area contributed by atoms with Gasteiger partial charge in [0.1, 0.15) is 0 Å². The number of benzene rings is 6. The second-order valence-electron chi connectivity index (χ2n) is 12.8. The van der Waals surface area contributed by atoms with Crippen LogP contribution in [0.5, 0.6) is 0 Å². The topological polar surface area (TPSA) is 32.3 Å². The lowest BCUT2D eigenvalue weighted by molar-refractivity contribution is 1.08. The van der Waals surface area contributed by atoms with Crippen molar-refractivity contribution >= 4 is 45.2 Å². The Morgan fingerprint density at radius 3 is 1.42 bits per heavy atom. The van der Waals surface area contributed by atoms with E-state index in [1.807, 2.05) is 6.07 Å². The predicted octanol–water partition coefficient (Wildman–Crippen LogP) is 12.1. The van der Waals surface area contributed by atoms with E-state index in [-0.39, 0.29) is 0 Å². The highest BCUT2D eigenvalue weighted by atomic mass is 15.3. The first-order valence-electron chi connectivity index (χ1n) is 16.5. The first-order valence-corrected chi connectivity index (χ1v) is 16.5. The molecule has 6 aromatic carbocycles. The van der Waals surface area contributed by atoms with Gasteiger partial charge in [-0.2, -0.15) is 0 Å². The van der Waals surface area contributed by atoms with Crippen molar-refractivity contribution in [1.29, 1.82) is 0 Å². The van der Waals surface area contributed by atoms with Gasteiger partial charge >= 0.3 is 0 Å². The lowest BCUT2D eigenvalue weighted by Gasteiger charge is -2.32. The van der Waals surface area contributed by atoms with Crippen LogP contribution in [0.1, 0.15) is 33.4 Å². The van der Waals surface area contributed by atoms with Crippen LogP contribution in [0.4, 0.5) is 34.4 Å². The summed E-state index contributed by atoms with van der Waals surface area (Å²) in [5, 5.41) is 2.35. The van der Waals surface area contributed by atoms with Crippen LogP contribution in [0.15, 0.2) is 134 Å². The van der Waals surface area contributed by atoms with Crippen LogP contribution in [-0.2, 0) is 0 Å². The summed E-state index contributed by atoms with van der Waals surface area (Å²) >= 11 is 0. The highest BCUT2D eigenvalue weighted by Gasteiger charge is 2.24. The first-order chi connectivity index (χ1) is 23.3. The van der Waals surface area contributed by atoms with Gasteiger partial charge < -0.3 is 4.90 Å². The van der Waals surface area contributed by atoms with Crippen LogP contribution >= 0.6 is 0 Å². The quantitative estimate of drug-likeness (QED) is 0.177. The largest absolute Gasteiger partial charge is 0.309 e. The molecule has 0 aliphatic carbocycles. The molecule has 0 unspecified atom stereocenters. The smallest absolute Gasteiger partial charge is 0.234 e. The van der Waals surface area contributed by atoms with Gasteiger partial charge in [-0.15, -0.1) is 0 Å². The van der Waals surface area contributed by atoms with Crippen molar-refractivity contribution in [2.24, 2.45) is 0 Å². The molecule has 7 rings (SSSR count). The van der Waals surface area contributed by atoms with Crippen molar-refractivity contribution in [2.75, 3.05) is 9.80 Å². The Kier molecular flexibility index (Phi) is 8.24. The van der Waals surface area contributed by atoms with E-state index in [0.29, 0.717) is 5.95 Å². The highest BCUT2D eigenvalue weighted by Crippen LogP contribution is 2.45. The van der Waals surface area contributed by atoms with Crippen molar-refractivity contribution < 1.29 is 0 Å². The zero-order chi connectivity index (χ0) is 33.4. The molecule has 0 aliphatic rings. The third-order valence-corrected chi connectivity index (χ3v) is 9.03. The van der Waals surface area contributed by atoms with Gasteiger partial charge in [-0.25, -0.2) is 9.97 Å². The van der Waals surface area contributed by atoms with E-state index >= 15 is 0 Å². The van der Waals surface area contributed by atoms with Gasteiger partial charge in [0, 0.05) is 29.3 Å². The minimum Gasteiger partial charge on any atom is -0.309 e. The van der Waals surface area contributed by atoms with Crippen LogP contribution in [0.2, 0.25) is 0 Å². The molecule has 0 spiro atoms. The van der Waals surface area contributed by atoms with Gasteiger partial charge in [0.25, 0.3) is 0 Å². The summed E-state index contributed by atoms with van der Waals surface area (Å²) in [6, 6.07) is 43.4. The summed E-state index contributed by atoms with van der Waals surface area (Å²) in [4.78, 5) is 14.1. The SMILES string of the molecule is Cc1cc(C)c(N(c2ccc(N(c3ncccn3)c3cc4ccccc4cc3-c3ccccc3)cc2)c2c(C)cc(C)cc2C)c(C)c1. The molecule has 0 atom stereocenters. The average Bonchev–Trinajstić information content (AvgIpc) is 3.08. The Morgan fingerprint density at radius 1 is 0.438 bits per heavy atom. The Morgan fingerprint density at radius 2 is 0.896 bits per heavy atom. The summed E-state index contributed by atoms with van der Waals surface area (Å²) in [5.74, 6) is 0.616. The molecule has 1 aromatic heterocycles. The van der Waals surface area contributed by atoms with E-state index in [9.17, 15) is 0 Å². The summed E-state index contributed by atoms with van der Waals surface area (Å²) in [5.41, 5.74) is 15.3. The average molecular weight is 625 g/mol. The molecule has 0 aliphatic heterocycles. The van der Waals surface area contributed by atoms with E-state index in [0.717, 1.165) is 33.6 Å². The Bertz CT molecular complexity index is 2140. The Labute approximate surface area is 284 Å². The van der Waals surface area contributed by atoms with Crippen LogP contribution < -0.4 is 9.80 Å². The molecule has 0 radical (unpaired) electrons. The highest BCUT2D eigenvalue weighted by molar-refractivity contribution is 5.98. The second kappa shape index (κ2) is 12.8. The molecule has 4 nitrogen and oxygen atoms in total. The molecule has 0 fully saturated rings. The zero-order valence-electron chi connectivity index (χ0n) is 28.5. The second-order valence-corrected chi connectivity index (χ2v) is 12.8. The molecule has 7 aromatic rings. The maximum absolute atomic E-state index is 4.77. The van der Waals surface area contributed by atoms with Crippen LogP contribution in [0.3, 0.4) is 0 Å². The van der Waals surface area contributed by atoms with Gasteiger partial charge in [0.2, 0.25) is 5.95 Å². The molecule has 0 amide bonds. The lowest BCUT2D eigenvalue weighted by Crippen LogP contribution is -2.17. The fourth-order valence-electron chi connectivity index (χ4n) is 7.20. The summed E-state index contributed by atoms with van der Waals surface area (Å²) in [6.07, 6.45) is 3.61. The number of nitrogens with zero attached hydrogens (tertiary/aromatic N) is 4. The van der Waals surface area contributed by atoms with Crippen LogP contribution in [0.25, 0.3) is 21.9 Å². The van der Waals surface area contributed by atoms with Gasteiger partial charge in [0.05, 0.1) is 17.1 Å². The third-order valence-electron chi connectivity index (χ3n) is 9.03. The number of rotatable bonds is 7. The molecule has 48 heavy (non-hydrogen) atoms. The predicted molar refractivity (Wildman–Crippen MR) is 203 cm³/mol. The zero-order valence-corrected chi connectivity index (χ0v) is 28.5. The van der Waals surface area contributed by atoms with Crippen molar-refractivity contribution in [1.82, 2.24) is 9.97 Å². The molecular formula is C44H40N4. The number of hydrogen-bond acceptors (Lipinski definition) is 4. The van der Waals surface area contributed by atoms with Crippen molar-refractivity contribution in [3.63, 3.8) is 0 Å². The van der Waals surface area contributed by atoms with Gasteiger partial charge in [-0.1, -0.05) is 90.0 Å². The molecule has 1 heterocycles. The van der Waals surface area contributed by atoms with Gasteiger partial charge in [0.15, 0.2) is 0 Å². The fourth-order valence-corrected chi connectivity index (χ4v) is 7.20. The molecule has 0 saturated carbocycles. The van der Waals surface area contributed by atoms with Crippen molar-refractivity contribution in [3.05, 3.63) is 167 Å². The molecule has 0 saturated heterocycles. The lowest BCUT2D eigenvalue weighted by atomic mass is 9.97. The van der Waals surface area contributed by atoms with Crippen LogP contribution in [0, 0.1) is 41.5 Å². The number of fused-ring (bicyclic) bond motifs is 1. The summed E-state index contributed by atoms with van der Waals surface area (Å²) in [7, 11) is 0. The normalized spacial score (nSPS) is 11.1. The number of anilines is 6. The van der Waals surface area contributed by atoms with E-state index < -0.39 is 0 Å². The minimum atomic E-state index is 0.616. The summed E-state index contributed by atoms with van der Waals surface area (Å²) in [6.45, 7) is 13.2. The maximum atomic E-state index is 4.77. The Hall–Kier alpha value is -5.74. The molecule has 236 valence electrons. The first kappa shape index (κ1) is 30.9. The van der Waals surface area contributed by atoms with E-state index in [4.69, 9.17) is 9.97 Å². The Balaban J connectivity index is 1.44. The molecule has 0 N–H and O–H groups in total. The van der Waals surface area contributed by atoms with Crippen molar-refractivity contribution in [2.45, 2.75) is 41.5 Å². The number of aromatic nitrogens is 2. The monoisotopic (exact) mass is 624 g/mol. The van der Waals surface area contributed by atoms with E-state index in [2.05, 4.69) is 167 Å². The maximum Gasteiger partial charge on any atom is 0.234 e.